The fourth-order valence-electron chi connectivity index (χ4n) is 3.97. The first-order valence-electron chi connectivity index (χ1n) is 9.98. The van der Waals surface area contributed by atoms with Crippen molar-refractivity contribution in [2.45, 2.75) is 19.4 Å². The predicted octanol–water partition coefficient (Wildman–Crippen LogP) is 1.11. The lowest BCUT2D eigenvalue weighted by atomic mass is 9.87. The van der Waals surface area contributed by atoms with Gasteiger partial charge in [-0.1, -0.05) is 23.4 Å². The first kappa shape index (κ1) is 19.7. The van der Waals surface area contributed by atoms with Crippen LogP contribution in [0.4, 0.5) is 5.69 Å². The largest absolute Gasteiger partial charge is 0.539 e. The number of aromatic nitrogens is 2. The van der Waals surface area contributed by atoms with Crippen LogP contribution >= 0.6 is 0 Å². The molecule has 0 spiro atoms. The molecule has 2 aliphatic rings. The number of amides is 2. The maximum Gasteiger partial charge on any atom is 0.289 e. The SMILES string of the molecule is CCOc1ccc(-[n+]2noc([O-])c2C2=NOC3(C)C(=O)N(c4ccccc4)C(=O)C23)cc1. The number of carbonyl (C=O) groups is 2. The maximum atomic E-state index is 13.3. The van der Waals surface area contributed by atoms with Crippen LogP contribution in [0.15, 0.2) is 64.3 Å². The van der Waals surface area contributed by atoms with E-state index in [1.807, 2.05) is 6.92 Å². The molecule has 10 nitrogen and oxygen atoms in total. The Balaban J connectivity index is 1.56. The molecule has 1 saturated heterocycles. The third-order valence-electron chi connectivity index (χ3n) is 5.51. The number of imide groups is 1. The summed E-state index contributed by atoms with van der Waals surface area (Å²) in [5, 5.41) is 20.3. The smallest absolute Gasteiger partial charge is 0.289 e. The minimum atomic E-state index is -1.58. The van der Waals surface area contributed by atoms with E-state index in [9.17, 15) is 14.7 Å². The van der Waals surface area contributed by atoms with Crippen molar-refractivity contribution >= 4 is 23.2 Å². The summed E-state index contributed by atoms with van der Waals surface area (Å²) in [4.78, 5) is 33.0. The van der Waals surface area contributed by atoms with Gasteiger partial charge in [-0.2, -0.15) is 0 Å². The van der Waals surface area contributed by atoms with Gasteiger partial charge >= 0.3 is 0 Å². The van der Waals surface area contributed by atoms with Gasteiger partial charge in [0.1, 0.15) is 11.7 Å². The van der Waals surface area contributed by atoms with Gasteiger partial charge in [-0.3, -0.25) is 9.59 Å². The lowest BCUT2D eigenvalue weighted by Crippen LogP contribution is -2.44. The van der Waals surface area contributed by atoms with E-state index >= 15 is 0 Å². The zero-order valence-corrected chi connectivity index (χ0v) is 17.2. The molecule has 2 atom stereocenters. The third-order valence-corrected chi connectivity index (χ3v) is 5.51. The fourth-order valence-corrected chi connectivity index (χ4v) is 3.97. The van der Waals surface area contributed by atoms with E-state index in [2.05, 4.69) is 10.4 Å². The van der Waals surface area contributed by atoms with E-state index in [0.29, 0.717) is 23.7 Å². The molecule has 0 saturated carbocycles. The molecule has 0 bridgehead atoms. The molecule has 1 fully saturated rings. The lowest BCUT2D eigenvalue weighted by molar-refractivity contribution is -0.671. The highest BCUT2D eigenvalue weighted by Crippen LogP contribution is 2.43. The monoisotopic (exact) mass is 434 g/mol. The van der Waals surface area contributed by atoms with E-state index in [1.165, 1.54) is 11.6 Å². The molecule has 3 aromatic rings. The number of benzene rings is 2. The van der Waals surface area contributed by atoms with Gasteiger partial charge in [-0.05, 0) is 42.8 Å². The molecule has 32 heavy (non-hydrogen) atoms. The van der Waals surface area contributed by atoms with E-state index in [-0.39, 0.29) is 11.4 Å². The summed E-state index contributed by atoms with van der Waals surface area (Å²) >= 11 is 0. The van der Waals surface area contributed by atoms with Gasteiger partial charge in [0.2, 0.25) is 17.2 Å². The molecular weight excluding hydrogens is 416 g/mol. The summed E-state index contributed by atoms with van der Waals surface area (Å²) in [5.41, 5.74) is -0.776. The average Bonchev–Trinajstić information content (AvgIpc) is 3.40. The number of ether oxygens (including phenoxy) is 1. The summed E-state index contributed by atoms with van der Waals surface area (Å²) in [6.07, 6.45) is 0. The van der Waals surface area contributed by atoms with Gasteiger partial charge in [0.05, 0.1) is 17.6 Å². The van der Waals surface area contributed by atoms with Crippen molar-refractivity contribution < 1.29 is 33.5 Å². The van der Waals surface area contributed by atoms with Crippen LogP contribution in [0.5, 0.6) is 11.7 Å². The third kappa shape index (κ3) is 2.76. The molecular formula is C22H18N4O6. The summed E-state index contributed by atoms with van der Waals surface area (Å²) < 4.78 is 11.5. The molecule has 1 aromatic heterocycles. The van der Waals surface area contributed by atoms with E-state index in [4.69, 9.17) is 14.1 Å². The summed E-state index contributed by atoms with van der Waals surface area (Å²) in [5.74, 6) is -2.39. The van der Waals surface area contributed by atoms with Crippen LogP contribution in [0.25, 0.3) is 5.69 Å². The second-order valence-corrected chi connectivity index (χ2v) is 7.47. The van der Waals surface area contributed by atoms with Gasteiger partial charge in [-0.25, -0.2) is 4.90 Å². The van der Waals surface area contributed by atoms with E-state index in [1.54, 1.807) is 54.6 Å². The number of carbonyl (C=O) groups excluding carboxylic acids is 2. The van der Waals surface area contributed by atoms with Crippen molar-refractivity contribution in [1.29, 1.82) is 0 Å². The Kier molecular flexibility index (Phi) is 4.43. The zero-order valence-electron chi connectivity index (χ0n) is 17.2. The highest BCUT2D eigenvalue weighted by atomic mass is 16.7. The number of fused-ring (bicyclic) bond motifs is 1. The fraction of sp³-hybridized carbons (Fsp3) is 0.227. The normalized spacial score (nSPS) is 22.0. The second-order valence-electron chi connectivity index (χ2n) is 7.47. The van der Waals surface area contributed by atoms with Crippen LogP contribution in [0.1, 0.15) is 19.5 Å². The van der Waals surface area contributed by atoms with E-state index in [0.717, 1.165) is 4.90 Å². The van der Waals surface area contributed by atoms with Gasteiger partial charge in [0, 0.05) is 12.1 Å². The molecule has 2 unspecified atom stereocenters. The Bertz CT molecular complexity index is 1240. The zero-order chi connectivity index (χ0) is 22.5. The Morgan fingerprint density at radius 1 is 1.16 bits per heavy atom. The topological polar surface area (TPSA) is 121 Å². The number of anilines is 1. The molecule has 2 aromatic carbocycles. The van der Waals surface area contributed by atoms with Crippen LogP contribution in [0.3, 0.4) is 0 Å². The molecule has 0 radical (unpaired) electrons. The minimum absolute atomic E-state index is 0.00980. The second kappa shape index (κ2) is 7.19. The highest BCUT2D eigenvalue weighted by Gasteiger charge is 2.66. The number of oxime groups is 1. The molecule has 0 aliphatic carbocycles. The van der Waals surface area contributed by atoms with Crippen molar-refractivity contribution in [3.63, 3.8) is 0 Å². The average molecular weight is 434 g/mol. The van der Waals surface area contributed by atoms with Crippen LogP contribution in [-0.4, -0.2) is 35.0 Å². The van der Waals surface area contributed by atoms with Crippen molar-refractivity contribution in [1.82, 2.24) is 5.27 Å². The summed E-state index contributed by atoms with van der Waals surface area (Å²) in [6, 6.07) is 15.3. The van der Waals surface area contributed by atoms with Crippen LogP contribution < -0.4 is 19.4 Å². The standard InChI is InChI=1S/C22H18N4O6/c1-3-30-15-11-9-14(10-12-15)26-18(20(28)31-24-26)17-16-19(27)25(13-7-5-4-6-8-13)21(29)22(16,2)32-23-17/h4-12,16H,3H2,1-2H3. The Morgan fingerprint density at radius 2 is 1.88 bits per heavy atom. The summed E-state index contributed by atoms with van der Waals surface area (Å²) in [7, 11) is 0. The first-order chi connectivity index (χ1) is 15.5. The number of nitrogens with zero attached hydrogens (tertiary/aromatic N) is 4. The Morgan fingerprint density at radius 3 is 2.56 bits per heavy atom. The van der Waals surface area contributed by atoms with Crippen molar-refractivity contribution in [2.24, 2.45) is 11.1 Å². The summed E-state index contributed by atoms with van der Waals surface area (Å²) in [6.45, 7) is 3.86. The van der Waals surface area contributed by atoms with Gasteiger partial charge in [0.15, 0.2) is 11.7 Å². The molecule has 10 heteroatoms. The van der Waals surface area contributed by atoms with Gasteiger partial charge in [-0.15, -0.1) is 0 Å². The van der Waals surface area contributed by atoms with Crippen molar-refractivity contribution in [2.75, 3.05) is 11.5 Å². The molecule has 162 valence electrons. The van der Waals surface area contributed by atoms with Crippen molar-refractivity contribution in [3.05, 3.63) is 60.3 Å². The van der Waals surface area contributed by atoms with Gasteiger partial charge in [0.25, 0.3) is 11.6 Å². The Labute approximate surface area is 182 Å². The van der Waals surface area contributed by atoms with E-state index < -0.39 is 29.3 Å². The molecule has 5 rings (SSSR count). The van der Waals surface area contributed by atoms with Crippen LogP contribution in [0, 0.1) is 5.92 Å². The quantitative estimate of drug-likeness (QED) is 0.436. The molecule has 3 heterocycles. The van der Waals surface area contributed by atoms with Crippen molar-refractivity contribution in [3.8, 4) is 17.4 Å². The maximum absolute atomic E-state index is 13.3. The number of hydrogen-bond acceptors (Lipinski definition) is 8. The first-order valence-corrected chi connectivity index (χ1v) is 9.98. The minimum Gasteiger partial charge on any atom is -0.539 e. The highest BCUT2D eigenvalue weighted by molar-refractivity contribution is 6.33. The molecule has 2 aliphatic heterocycles. The number of rotatable bonds is 5. The number of para-hydroxylation sites is 1. The predicted molar refractivity (Wildman–Crippen MR) is 107 cm³/mol. The van der Waals surface area contributed by atoms with Crippen LogP contribution in [-0.2, 0) is 14.4 Å². The molecule has 0 N–H and O–H groups in total. The Hall–Kier alpha value is -4.21. The number of hydrogen-bond donors (Lipinski definition) is 0. The molecule has 2 amide bonds. The van der Waals surface area contributed by atoms with Crippen LogP contribution in [0.2, 0.25) is 0 Å². The van der Waals surface area contributed by atoms with Gasteiger partial charge < -0.3 is 19.2 Å². The lowest BCUT2D eigenvalue weighted by Gasteiger charge is -2.18.